The van der Waals surface area contributed by atoms with Gasteiger partial charge in [0.1, 0.15) is 5.41 Å². The molecule has 0 spiro atoms. The van der Waals surface area contributed by atoms with E-state index < -0.39 is 5.41 Å². The maximum Gasteiger partial charge on any atom is 0.236 e. The molecule has 0 aromatic rings. The molecule has 2 aliphatic rings. The van der Waals surface area contributed by atoms with Crippen molar-refractivity contribution in [2.75, 3.05) is 6.54 Å². The lowest BCUT2D eigenvalue weighted by Crippen LogP contribution is -2.52. The summed E-state index contributed by atoms with van der Waals surface area (Å²) in [5.41, 5.74) is 5.17. The van der Waals surface area contributed by atoms with Crippen molar-refractivity contribution in [1.29, 1.82) is 0 Å². The number of carbonyl (C=O) groups excluding carboxylic acids is 1. The van der Waals surface area contributed by atoms with Crippen LogP contribution in [0.4, 0.5) is 0 Å². The van der Waals surface area contributed by atoms with E-state index in [0.29, 0.717) is 24.8 Å². The fourth-order valence-corrected chi connectivity index (χ4v) is 3.29. The summed E-state index contributed by atoms with van der Waals surface area (Å²) in [7, 11) is 0. The molecule has 0 heterocycles. The minimum atomic E-state index is -0.810. The molecule has 0 radical (unpaired) electrons. The van der Waals surface area contributed by atoms with Gasteiger partial charge in [-0.25, -0.2) is 0 Å². The number of nitrogens with two attached hydrogens (primary N) is 1. The second kappa shape index (κ2) is 6.67. The number of amidine groups is 1. The maximum absolute atomic E-state index is 13.2. The van der Waals surface area contributed by atoms with Gasteiger partial charge in [-0.3, -0.25) is 4.79 Å². The molecule has 3 N–H and O–H groups in total. The van der Waals surface area contributed by atoms with E-state index in [9.17, 15) is 10.0 Å². The van der Waals surface area contributed by atoms with Gasteiger partial charge in [0, 0.05) is 12.6 Å². The van der Waals surface area contributed by atoms with E-state index in [1.54, 1.807) is 0 Å². The first-order valence-electron chi connectivity index (χ1n) is 8.38. The van der Waals surface area contributed by atoms with Crippen molar-refractivity contribution < 1.29 is 10.0 Å². The zero-order chi connectivity index (χ0) is 15.5. The molecule has 0 atom stereocenters. The van der Waals surface area contributed by atoms with Crippen molar-refractivity contribution in [1.82, 2.24) is 4.90 Å². The van der Waals surface area contributed by atoms with E-state index in [0.717, 1.165) is 32.2 Å². The van der Waals surface area contributed by atoms with Crippen LogP contribution in [-0.4, -0.2) is 34.4 Å². The minimum absolute atomic E-state index is 0.0934. The lowest BCUT2D eigenvalue weighted by molar-refractivity contribution is -0.140. The van der Waals surface area contributed by atoms with Gasteiger partial charge in [-0.15, -0.1) is 0 Å². The summed E-state index contributed by atoms with van der Waals surface area (Å²) in [6.45, 7) is 4.95. The second-order valence-corrected chi connectivity index (χ2v) is 6.70. The zero-order valence-electron chi connectivity index (χ0n) is 13.3. The first kappa shape index (κ1) is 16.1. The summed E-state index contributed by atoms with van der Waals surface area (Å²) in [5, 5.41) is 12.4. The van der Waals surface area contributed by atoms with Gasteiger partial charge in [-0.05, 0) is 44.4 Å². The van der Waals surface area contributed by atoms with E-state index >= 15 is 0 Å². The van der Waals surface area contributed by atoms with Crippen molar-refractivity contribution in [3.63, 3.8) is 0 Å². The van der Waals surface area contributed by atoms with E-state index in [-0.39, 0.29) is 11.7 Å². The molecule has 2 rings (SSSR count). The maximum atomic E-state index is 13.2. The van der Waals surface area contributed by atoms with Crippen molar-refractivity contribution in [2.45, 2.75) is 71.3 Å². The zero-order valence-corrected chi connectivity index (χ0v) is 13.3. The number of oxime groups is 1. The summed E-state index contributed by atoms with van der Waals surface area (Å²) < 4.78 is 0. The molecule has 2 aliphatic carbocycles. The first-order chi connectivity index (χ1) is 10.1. The lowest BCUT2D eigenvalue weighted by Gasteiger charge is -2.36. The molecule has 2 saturated carbocycles. The standard InChI is InChI=1S/C16H29N3O2/c1-3-9-16(10-4-2,14(17)18-21)15(20)19(13-7-8-13)11-12-5-6-12/h12-13,21H,3-11H2,1-2H3,(H2,17,18). The second-order valence-electron chi connectivity index (χ2n) is 6.70. The highest BCUT2D eigenvalue weighted by atomic mass is 16.4. The number of hydrogen-bond acceptors (Lipinski definition) is 3. The third-order valence-electron chi connectivity index (χ3n) is 4.76. The van der Waals surface area contributed by atoms with Gasteiger partial charge in [0.2, 0.25) is 5.91 Å². The average molecular weight is 295 g/mol. The van der Waals surface area contributed by atoms with Crippen LogP contribution in [0.5, 0.6) is 0 Å². The monoisotopic (exact) mass is 295 g/mol. The quantitative estimate of drug-likeness (QED) is 0.297. The number of rotatable bonds is 9. The highest BCUT2D eigenvalue weighted by Crippen LogP contribution is 2.40. The Morgan fingerprint density at radius 3 is 2.19 bits per heavy atom. The van der Waals surface area contributed by atoms with Crippen molar-refractivity contribution in [3.8, 4) is 0 Å². The molecule has 5 nitrogen and oxygen atoms in total. The fraction of sp³-hybridized carbons (Fsp3) is 0.875. The van der Waals surface area contributed by atoms with Gasteiger partial charge >= 0.3 is 0 Å². The molecule has 2 fully saturated rings. The van der Waals surface area contributed by atoms with Crippen LogP contribution in [0.15, 0.2) is 5.16 Å². The van der Waals surface area contributed by atoms with Gasteiger partial charge < -0.3 is 15.8 Å². The van der Waals surface area contributed by atoms with Crippen LogP contribution in [0, 0.1) is 11.3 Å². The van der Waals surface area contributed by atoms with Gasteiger partial charge in [-0.2, -0.15) is 0 Å². The Morgan fingerprint density at radius 1 is 1.24 bits per heavy atom. The number of hydrogen-bond donors (Lipinski definition) is 2. The molecule has 21 heavy (non-hydrogen) atoms. The average Bonchev–Trinajstić information content (AvgIpc) is 3.36. The summed E-state index contributed by atoms with van der Waals surface area (Å²) in [4.78, 5) is 15.3. The molecule has 0 aromatic carbocycles. The molecule has 0 unspecified atom stereocenters. The Morgan fingerprint density at radius 2 is 1.81 bits per heavy atom. The van der Waals surface area contributed by atoms with E-state index in [4.69, 9.17) is 5.73 Å². The van der Waals surface area contributed by atoms with E-state index in [2.05, 4.69) is 5.16 Å². The molecule has 0 bridgehead atoms. The predicted octanol–water partition coefficient (Wildman–Crippen LogP) is 2.72. The largest absolute Gasteiger partial charge is 0.409 e. The summed E-state index contributed by atoms with van der Waals surface area (Å²) in [6.07, 6.45) is 7.68. The number of nitrogens with zero attached hydrogens (tertiary/aromatic N) is 2. The SMILES string of the molecule is CCCC(CCC)(C(=O)N(CC1CC1)C1CC1)C(N)=NO. The van der Waals surface area contributed by atoms with E-state index in [1.165, 1.54) is 12.8 Å². The third kappa shape index (κ3) is 3.50. The van der Waals surface area contributed by atoms with Gasteiger partial charge in [-0.1, -0.05) is 31.8 Å². The third-order valence-corrected chi connectivity index (χ3v) is 4.76. The molecule has 5 heteroatoms. The Balaban J connectivity index is 2.24. The Labute approximate surface area is 127 Å². The lowest BCUT2D eigenvalue weighted by atomic mass is 9.76. The fourth-order valence-electron chi connectivity index (χ4n) is 3.29. The molecular formula is C16H29N3O2. The predicted molar refractivity (Wildman–Crippen MR) is 83.1 cm³/mol. The molecule has 1 amide bonds. The Kier molecular flexibility index (Phi) is 5.12. The molecule has 120 valence electrons. The van der Waals surface area contributed by atoms with Crippen LogP contribution in [0.1, 0.15) is 65.2 Å². The molecule has 0 saturated heterocycles. The number of carbonyl (C=O) groups is 1. The Bertz CT molecular complexity index is 394. The van der Waals surface area contributed by atoms with Crippen molar-refractivity contribution in [2.24, 2.45) is 22.2 Å². The first-order valence-corrected chi connectivity index (χ1v) is 8.38. The van der Waals surface area contributed by atoms with Crippen LogP contribution in [0.25, 0.3) is 0 Å². The normalized spacial score (nSPS) is 19.6. The molecule has 0 aromatic heterocycles. The van der Waals surface area contributed by atoms with Crippen LogP contribution >= 0.6 is 0 Å². The summed E-state index contributed by atoms with van der Waals surface area (Å²) in [5.74, 6) is 0.858. The minimum Gasteiger partial charge on any atom is -0.409 e. The van der Waals surface area contributed by atoms with Crippen LogP contribution in [0.2, 0.25) is 0 Å². The van der Waals surface area contributed by atoms with Crippen molar-refractivity contribution >= 4 is 11.7 Å². The number of amides is 1. The topological polar surface area (TPSA) is 78.9 Å². The highest BCUT2D eigenvalue weighted by Gasteiger charge is 2.48. The highest BCUT2D eigenvalue weighted by molar-refractivity contribution is 6.06. The summed E-state index contributed by atoms with van der Waals surface area (Å²) in [6, 6.07) is 0.387. The summed E-state index contributed by atoms with van der Waals surface area (Å²) >= 11 is 0. The molecular weight excluding hydrogens is 266 g/mol. The van der Waals surface area contributed by atoms with Crippen LogP contribution < -0.4 is 5.73 Å². The van der Waals surface area contributed by atoms with Crippen LogP contribution in [0.3, 0.4) is 0 Å². The molecule has 0 aliphatic heterocycles. The van der Waals surface area contributed by atoms with Gasteiger partial charge in [0.05, 0.1) is 0 Å². The van der Waals surface area contributed by atoms with Gasteiger partial charge in [0.25, 0.3) is 0 Å². The smallest absolute Gasteiger partial charge is 0.236 e. The van der Waals surface area contributed by atoms with Crippen LogP contribution in [-0.2, 0) is 4.79 Å². The Hall–Kier alpha value is -1.26. The van der Waals surface area contributed by atoms with Crippen molar-refractivity contribution in [3.05, 3.63) is 0 Å². The van der Waals surface area contributed by atoms with Gasteiger partial charge in [0.15, 0.2) is 5.84 Å². The van der Waals surface area contributed by atoms with E-state index in [1.807, 2.05) is 18.7 Å².